The molecule has 1 saturated heterocycles. The fourth-order valence-corrected chi connectivity index (χ4v) is 1.06. The molecule has 3 nitrogen and oxygen atoms in total. The number of nitrogens with one attached hydrogen (secondary N) is 1. The van der Waals surface area contributed by atoms with Gasteiger partial charge in [0.15, 0.2) is 0 Å². The minimum absolute atomic E-state index is 0.336. The average molecular weight is 131 g/mol. The van der Waals surface area contributed by atoms with Gasteiger partial charge in [-0.1, -0.05) is 0 Å². The summed E-state index contributed by atoms with van der Waals surface area (Å²) < 4.78 is 0. The fourth-order valence-electron chi connectivity index (χ4n) is 1.06. The van der Waals surface area contributed by atoms with E-state index in [9.17, 15) is 0 Å². The van der Waals surface area contributed by atoms with E-state index in [4.69, 9.17) is 10.2 Å². The Morgan fingerprint density at radius 1 is 1.33 bits per heavy atom. The third-order valence-corrected chi connectivity index (χ3v) is 1.71. The molecule has 1 aliphatic rings. The molecule has 0 saturated carbocycles. The van der Waals surface area contributed by atoms with Crippen molar-refractivity contribution < 1.29 is 10.2 Å². The summed E-state index contributed by atoms with van der Waals surface area (Å²) in [5.41, 5.74) is 0. The van der Waals surface area contributed by atoms with Crippen molar-refractivity contribution in [3.63, 3.8) is 0 Å². The van der Waals surface area contributed by atoms with Gasteiger partial charge in [0.25, 0.3) is 0 Å². The number of aliphatic hydroxyl groups is 2. The van der Waals surface area contributed by atoms with Crippen LogP contribution in [-0.4, -0.2) is 35.0 Å². The van der Waals surface area contributed by atoms with Crippen molar-refractivity contribution in [1.29, 1.82) is 0 Å². The summed E-state index contributed by atoms with van der Waals surface area (Å²) in [5.74, 6) is 0. The van der Waals surface area contributed by atoms with E-state index < -0.39 is 12.2 Å². The topological polar surface area (TPSA) is 52.5 Å². The molecule has 3 heteroatoms. The number of piperidine rings is 1. The van der Waals surface area contributed by atoms with Crippen molar-refractivity contribution in [3.05, 3.63) is 0 Å². The van der Waals surface area contributed by atoms with Crippen molar-refractivity contribution in [1.82, 2.24) is 5.32 Å². The van der Waals surface area contributed by atoms with E-state index in [1.807, 2.05) is 6.92 Å². The average Bonchev–Trinajstić information content (AvgIpc) is 1.80. The van der Waals surface area contributed by atoms with E-state index >= 15 is 0 Å². The zero-order valence-corrected chi connectivity index (χ0v) is 5.54. The van der Waals surface area contributed by atoms with Gasteiger partial charge < -0.3 is 15.5 Å². The summed E-state index contributed by atoms with van der Waals surface area (Å²) in [5, 5.41) is 21.1. The molecule has 54 valence electrons. The quantitative estimate of drug-likeness (QED) is 0.399. The first kappa shape index (κ1) is 6.99. The maximum absolute atomic E-state index is 9.06. The standard InChI is InChI=1S/C6H13NO2/c1-4-2-5(8)6(9)3-7-4/h4-9H,2-3H2,1H3/t4-,5+,6-/m1/s1. The minimum Gasteiger partial charge on any atom is -0.390 e. The van der Waals surface area contributed by atoms with Gasteiger partial charge in [-0.15, -0.1) is 0 Å². The molecule has 0 aliphatic carbocycles. The molecule has 0 spiro atoms. The van der Waals surface area contributed by atoms with Gasteiger partial charge in [0.1, 0.15) is 0 Å². The van der Waals surface area contributed by atoms with Crippen LogP contribution in [0.4, 0.5) is 0 Å². The van der Waals surface area contributed by atoms with E-state index in [0.29, 0.717) is 19.0 Å². The molecule has 0 unspecified atom stereocenters. The van der Waals surface area contributed by atoms with Crippen LogP contribution in [0.5, 0.6) is 0 Å². The highest BCUT2D eigenvalue weighted by Gasteiger charge is 2.23. The van der Waals surface area contributed by atoms with E-state index in [-0.39, 0.29) is 0 Å². The summed E-state index contributed by atoms with van der Waals surface area (Å²) in [6, 6.07) is 0.336. The number of aliphatic hydroxyl groups excluding tert-OH is 2. The van der Waals surface area contributed by atoms with Crippen molar-refractivity contribution in [2.75, 3.05) is 6.54 Å². The van der Waals surface area contributed by atoms with Gasteiger partial charge in [-0.25, -0.2) is 0 Å². The highest BCUT2D eigenvalue weighted by molar-refractivity contribution is 4.81. The molecule has 1 rings (SSSR count). The van der Waals surface area contributed by atoms with Crippen LogP contribution in [-0.2, 0) is 0 Å². The Morgan fingerprint density at radius 3 is 2.44 bits per heavy atom. The lowest BCUT2D eigenvalue weighted by molar-refractivity contribution is -0.00990. The van der Waals surface area contributed by atoms with E-state index in [1.54, 1.807) is 0 Å². The van der Waals surface area contributed by atoms with Gasteiger partial charge in [0, 0.05) is 12.6 Å². The second-order valence-electron chi connectivity index (χ2n) is 2.68. The van der Waals surface area contributed by atoms with E-state index in [2.05, 4.69) is 5.32 Å². The second kappa shape index (κ2) is 2.64. The Balaban J connectivity index is 2.35. The highest BCUT2D eigenvalue weighted by atomic mass is 16.3. The lowest BCUT2D eigenvalue weighted by atomic mass is 10.0. The lowest BCUT2D eigenvalue weighted by Crippen LogP contribution is -2.48. The Labute approximate surface area is 54.7 Å². The molecule has 3 N–H and O–H groups in total. The fraction of sp³-hybridized carbons (Fsp3) is 1.00. The molecule has 0 amide bonds. The number of hydrogen-bond donors (Lipinski definition) is 3. The Bertz CT molecular complexity index is 97.1. The minimum atomic E-state index is -0.568. The smallest absolute Gasteiger partial charge is 0.0923 e. The maximum atomic E-state index is 9.06. The molecule has 1 heterocycles. The van der Waals surface area contributed by atoms with Crippen LogP contribution in [0.15, 0.2) is 0 Å². The summed E-state index contributed by atoms with van der Waals surface area (Å²) >= 11 is 0. The zero-order chi connectivity index (χ0) is 6.85. The molecule has 0 radical (unpaired) electrons. The largest absolute Gasteiger partial charge is 0.390 e. The summed E-state index contributed by atoms with van der Waals surface area (Å²) in [7, 11) is 0. The molecular formula is C6H13NO2. The van der Waals surface area contributed by atoms with Crippen LogP contribution in [0, 0.1) is 0 Å². The first-order valence-corrected chi connectivity index (χ1v) is 3.29. The van der Waals surface area contributed by atoms with Gasteiger partial charge in [0.2, 0.25) is 0 Å². The summed E-state index contributed by atoms with van der Waals surface area (Å²) in [6.07, 6.45) is -0.441. The summed E-state index contributed by atoms with van der Waals surface area (Å²) in [6.45, 7) is 2.51. The van der Waals surface area contributed by atoms with Gasteiger partial charge in [-0.05, 0) is 13.3 Å². The van der Waals surface area contributed by atoms with E-state index in [0.717, 1.165) is 0 Å². The Kier molecular flexibility index (Phi) is 2.05. The van der Waals surface area contributed by atoms with Gasteiger partial charge in [-0.3, -0.25) is 0 Å². The van der Waals surface area contributed by atoms with Crippen molar-refractivity contribution in [3.8, 4) is 0 Å². The van der Waals surface area contributed by atoms with Gasteiger partial charge in [0.05, 0.1) is 12.2 Å². The molecular weight excluding hydrogens is 118 g/mol. The van der Waals surface area contributed by atoms with Crippen LogP contribution in [0.25, 0.3) is 0 Å². The third kappa shape index (κ3) is 1.64. The van der Waals surface area contributed by atoms with Gasteiger partial charge in [-0.2, -0.15) is 0 Å². The number of rotatable bonds is 0. The van der Waals surface area contributed by atoms with E-state index in [1.165, 1.54) is 0 Å². The molecule has 0 aromatic carbocycles. The highest BCUT2D eigenvalue weighted by Crippen LogP contribution is 2.07. The van der Waals surface area contributed by atoms with Crippen LogP contribution >= 0.6 is 0 Å². The first-order valence-electron chi connectivity index (χ1n) is 3.29. The predicted octanol–water partition coefficient (Wildman–Crippen LogP) is -0.910. The zero-order valence-electron chi connectivity index (χ0n) is 5.54. The lowest BCUT2D eigenvalue weighted by Gasteiger charge is -2.28. The molecule has 9 heavy (non-hydrogen) atoms. The Morgan fingerprint density at radius 2 is 2.00 bits per heavy atom. The van der Waals surface area contributed by atoms with Gasteiger partial charge >= 0.3 is 0 Å². The van der Waals surface area contributed by atoms with Crippen LogP contribution < -0.4 is 5.32 Å². The molecule has 0 bridgehead atoms. The second-order valence-corrected chi connectivity index (χ2v) is 2.68. The van der Waals surface area contributed by atoms with Crippen LogP contribution in [0.2, 0.25) is 0 Å². The molecule has 1 aliphatic heterocycles. The molecule has 3 atom stereocenters. The Hall–Kier alpha value is -0.120. The number of hydrogen-bond acceptors (Lipinski definition) is 3. The SMILES string of the molecule is C[C@@H]1C[C@H](O)[C@H](O)CN1. The van der Waals surface area contributed by atoms with Crippen molar-refractivity contribution in [2.24, 2.45) is 0 Å². The molecule has 1 fully saturated rings. The van der Waals surface area contributed by atoms with Crippen molar-refractivity contribution in [2.45, 2.75) is 31.6 Å². The predicted molar refractivity (Wildman–Crippen MR) is 34.1 cm³/mol. The molecule has 0 aromatic heterocycles. The van der Waals surface area contributed by atoms with Crippen molar-refractivity contribution >= 4 is 0 Å². The molecule has 0 aromatic rings. The van der Waals surface area contributed by atoms with Crippen LogP contribution in [0.3, 0.4) is 0 Å². The monoisotopic (exact) mass is 131 g/mol. The number of β-amino-alcohol motifs (C(OH)–C–C–N with tert-alkyl or cyclic N) is 1. The first-order chi connectivity index (χ1) is 4.20. The summed E-state index contributed by atoms with van der Waals surface area (Å²) in [4.78, 5) is 0. The third-order valence-electron chi connectivity index (χ3n) is 1.71. The maximum Gasteiger partial charge on any atom is 0.0923 e. The normalized spacial score (nSPS) is 45.0. The van der Waals surface area contributed by atoms with Crippen LogP contribution in [0.1, 0.15) is 13.3 Å².